The molecule has 31 heavy (non-hydrogen) atoms. The zero-order valence-electron chi connectivity index (χ0n) is 20.1. The summed E-state index contributed by atoms with van der Waals surface area (Å²) in [6.07, 6.45) is 20.1. The van der Waals surface area contributed by atoms with Crippen molar-refractivity contribution in [2.24, 2.45) is 0 Å². The second-order valence-corrected chi connectivity index (χ2v) is 11.2. The van der Waals surface area contributed by atoms with Crippen LogP contribution in [-0.2, 0) is 20.2 Å². The molecule has 0 unspecified atom stereocenters. The Balaban J connectivity index is -0.000000490. The maximum Gasteiger partial charge on any atom is 2.00 e. The van der Waals surface area contributed by atoms with Crippen LogP contribution in [0.25, 0.3) is 0 Å². The molecule has 0 aliphatic carbocycles. The summed E-state index contributed by atoms with van der Waals surface area (Å²) in [7, 11) is -7.96. The third kappa shape index (κ3) is 42.1. The van der Waals surface area contributed by atoms with Crippen LogP contribution >= 0.6 is 0 Å². The molecule has 6 nitrogen and oxygen atoms in total. The summed E-state index contributed by atoms with van der Waals surface area (Å²) >= 11 is 0. The second kappa shape index (κ2) is 26.0. The van der Waals surface area contributed by atoms with Crippen molar-refractivity contribution in [2.75, 3.05) is 11.5 Å². The SMILES string of the molecule is CCCCCCCCCCCS(=O)(=O)[O-].CCCCCCCCCCCS(=O)(=O)[O-].[Ba+2]. The van der Waals surface area contributed by atoms with Crippen molar-refractivity contribution >= 4 is 69.1 Å². The van der Waals surface area contributed by atoms with E-state index < -0.39 is 20.2 Å². The summed E-state index contributed by atoms with van der Waals surface area (Å²) in [6.45, 7) is 4.40. The van der Waals surface area contributed by atoms with Gasteiger partial charge in [-0.05, 0) is 12.8 Å². The molecular formula is C22H46BaO6S2. The summed E-state index contributed by atoms with van der Waals surface area (Å²) in [5.74, 6) is -0.383. The van der Waals surface area contributed by atoms with Crippen LogP contribution in [0.15, 0.2) is 0 Å². The van der Waals surface area contributed by atoms with Gasteiger partial charge in [0.1, 0.15) is 0 Å². The summed E-state index contributed by atoms with van der Waals surface area (Å²) in [4.78, 5) is 0. The fourth-order valence-corrected chi connectivity index (χ4v) is 4.29. The van der Waals surface area contributed by atoms with Gasteiger partial charge in [-0.15, -0.1) is 0 Å². The van der Waals surface area contributed by atoms with Crippen LogP contribution < -0.4 is 0 Å². The van der Waals surface area contributed by atoms with E-state index in [1.807, 2.05) is 0 Å². The zero-order chi connectivity index (χ0) is 23.1. The molecule has 0 amide bonds. The van der Waals surface area contributed by atoms with Crippen LogP contribution in [0.2, 0.25) is 0 Å². The Morgan fingerprint density at radius 2 is 0.613 bits per heavy atom. The maximum absolute atomic E-state index is 10.3. The maximum atomic E-state index is 10.3. The van der Waals surface area contributed by atoms with Crippen LogP contribution in [0, 0.1) is 0 Å². The third-order valence-corrected chi connectivity index (χ3v) is 6.57. The molecule has 0 saturated carbocycles. The Hall–Kier alpha value is 1.39. The molecule has 0 aromatic rings. The van der Waals surface area contributed by atoms with E-state index in [0.29, 0.717) is 12.8 Å². The van der Waals surface area contributed by atoms with Gasteiger partial charge >= 0.3 is 48.9 Å². The monoisotopic (exact) mass is 608 g/mol. The molecule has 0 aliphatic rings. The van der Waals surface area contributed by atoms with E-state index in [1.54, 1.807) is 0 Å². The fourth-order valence-electron chi connectivity index (χ4n) is 3.18. The molecule has 0 aromatic carbocycles. The van der Waals surface area contributed by atoms with Crippen molar-refractivity contribution < 1.29 is 25.9 Å². The van der Waals surface area contributed by atoms with E-state index in [1.165, 1.54) is 77.0 Å². The van der Waals surface area contributed by atoms with E-state index in [-0.39, 0.29) is 60.4 Å². The first-order valence-corrected chi connectivity index (χ1v) is 15.1. The molecule has 0 N–H and O–H groups in total. The summed E-state index contributed by atoms with van der Waals surface area (Å²) in [5, 5.41) is 0. The number of hydrogen-bond acceptors (Lipinski definition) is 6. The molecule has 0 aliphatic heterocycles. The fraction of sp³-hybridized carbons (Fsp3) is 1.00. The number of rotatable bonds is 20. The van der Waals surface area contributed by atoms with Gasteiger partial charge in [0.2, 0.25) is 0 Å². The average Bonchev–Trinajstić information content (AvgIpc) is 2.64. The Kier molecular flexibility index (Phi) is 31.0. The van der Waals surface area contributed by atoms with Gasteiger partial charge in [0.15, 0.2) is 0 Å². The molecule has 0 radical (unpaired) electrons. The van der Waals surface area contributed by atoms with Crippen molar-refractivity contribution in [3.8, 4) is 0 Å². The smallest absolute Gasteiger partial charge is 0.748 e. The molecule has 0 bridgehead atoms. The van der Waals surface area contributed by atoms with Gasteiger partial charge in [-0.2, -0.15) is 0 Å². The predicted octanol–water partition coefficient (Wildman–Crippen LogP) is 5.74. The summed E-state index contributed by atoms with van der Waals surface area (Å²) < 4.78 is 61.7. The first kappa shape index (κ1) is 36.9. The van der Waals surface area contributed by atoms with Crippen LogP contribution in [0.1, 0.15) is 129 Å². The molecule has 184 valence electrons. The van der Waals surface area contributed by atoms with E-state index in [0.717, 1.165) is 25.7 Å². The average molecular weight is 608 g/mol. The van der Waals surface area contributed by atoms with E-state index in [4.69, 9.17) is 0 Å². The Morgan fingerprint density at radius 3 is 0.806 bits per heavy atom. The van der Waals surface area contributed by atoms with Crippen molar-refractivity contribution in [2.45, 2.75) is 129 Å². The van der Waals surface area contributed by atoms with Gasteiger partial charge in [-0.25, -0.2) is 16.8 Å². The predicted molar refractivity (Wildman–Crippen MR) is 129 cm³/mol. The second-order valence-electron chi connectivity index (χ2n) is 8.18. The van der Waals surface area contributed by atoms with Gasteiger partial charge < -0.3 is 9.11 Å². The van der Waals surface area contributed by atoms with Crippen LogP contribution in [0.3, 0.4) is 0 Å². The molecule has 9 heteroatoms. The molecule has 0 fully saturated rings. The van der Waals surface area contributed by atoms with Crippen LogP contribution in [0.5, 0.6) is 0 Å². The molecule has 0 aromatic heterocycles. The molecular weight excluding hydrogens is 562 g/mol. The van der Waals surface area contributed by atoms with Crippen molar-refractivity contribution in [1.82, 2.24) is 0 Å². The zero-order valence-corrected chi connectivity index (χ0v) is 26.2. The quantitative estimate of drug-likeness (QED) is 0.0990. The van der Waals surface area contributed by atoms with Crippen molar-refractivity contribution in [3.05, 3.63) is 0 Å². The topological polar surface area (TPSA) is 114 Å². The molecule has 0 heterocycles. The van der Waals surface area contributed by atoms with Gasteiger partial charge in [0.25, 0.3) is 0 Å². The first-order chi connectivity index (χ1) is 14.1. The summed E-state index contributed by atoms with van der Waals surface area (Å²) in [6, 6.07) is 0. The minimum Gasteiger partial charge on any atom is -0.748 e. The van der Waals surface area contributed by atoms with Gasteiger partial charge in [0.05, 0.1) is 20.2 Å². The number of unbranched alkanes of at least 4 members (excludes halogenated alkanes) is 16. The standard InChI is InChI=1S/2C11H24O3S.Ba/c2*1-2-3-4-5-6-7-8-9-10-11-15(12,13)14;/h2*2-11H2,1H3,(H,12,13,14);/q;;+2/p-2. The van der Waals surface area contributed by atoms with E-state index >= 15 is 0 Å². The molecule has 0 spiro atoms. The normalized spacial score (nSPS) is 11.5. The Labute approximate surface area is 233 Å². The van der Waals surface area contributed by atoms with Crippen molar-refractivity contribution in [1.29, 1.82) is 0 Å². The van der Waals surface area contributed by atoms with Gasteiger partial charge in [-0.3, -0.25) is 0 Å². The third-order valence-electron chi connectivity index (χ3n) is 5.00. The van der Waals surface area contributed by atoms with Gasteiger partial charge in [-0.1, -0.05) is 117 Å². The number of hydrogen-bond donors (Lipinski definition) is 0. The van der Waals surface area contributed by atoms with Crippen molar-refractivity contribution in [3.63, 3.8) is 0 Å². The first-order valence-electron chi connectivity index (χ1n) is 12.0. The molecule has 0 rings (SSSR count). The minimum absolute atomic E-state index is 0. The van der Waals surface area contributed by atoms with Gasteiger partial charge in [0, 0.05) is 11.5 Å². The molecule has 0 atom stereocenters. The minimum atomic E-state index is -3.98. The Bertz CT molecular complexity index is 500. The molecule has 0 saturated heterocycles. The summed E-state index contributed by atoms with van der Waals surface area (Å²) in [5.41, 5.74) is 0. The van der Waals surface area contributed by atoms with Crippen LogP contribution in [0.4, 0.5) is 0 Å². The van der Waals surface area contributed by atoms with Crippen LogP contribution in [-0.4, -0.2) is 86.3 Å². The Morgan fingerprint density at radius 1 is 0.419 bits per heavy atom. The van der Waals surface area contributed by atoms with E-state index in [9.17, 15) is 25.9 Å². The largest absolute Gasteiger partial charge is 2.00 e. The van der Waals surface area contributed by atoms with E-state index in [2.05, 4.69) is 13.8 Å².